The molecule has 0 atom stereocenters. The van der Waals surface area contributed by atoms with Gasteiger partial charge in [0, 0.05) is 12.1 Å². The quantitative estimate of drug-likeness (QED) is 0.364. The van der Waals surface area contributed by atoms with Crippen LogP contribution in [0.25, 0.3) is 11.6 Å². The van der Waals surface area contributed by atoms with E-state index in [9.17, 15) is 15.4 Å². The summed E-state index contributed by atoms with van der Waals surface area (Å²) in [6.07, 6.45) is 1.72. The van der Waals surface area contributed by atoms with Gasteiger partial charge in [0.2, 0.25) is 0 Å². The van der Waals surface area contributed by atoms with Crippen molar-refractivity contribution in [3.8, 4) is 6.07 Å². The van der Waals surface area contributed by atoms with Crippen LogP contribution in [0.2, 0.25) is 0 Å². The molecule has 0 aliphatic carbocycles. The first-order valence-corrected chi connectivity index (χ1v) is 6.03. The van der Waals surface area contributed by atoms with E-state index in [4.69, 9.17) is 0 Å². The molecule has 0 amide bonds. The van der Waals surface area contributed by atoms with Crippen LogP contribution in [0.5, 0.6) is 0 Å². The van der Waals surface area contributed by atoms with Gasteiger partial charge in [-0.15, -0.1) is 0 Å². The van der Waals surface area contributed by atoms with Gasteiger partial charge in [0.25, 0.3) is 5.69 Å². The first kappa shape index (κ1) is 13.5. The predicted molar refractivity (Wildman–Crippen MR) is 77.8 cm³/mol. The lowest BCUT2D eigenvalue weighted by atomic mass is 10.0. The monoisotopic (exact) mass is 264 g/mol. The minimum atomic E-state index is -0.446. The summed E-state index contributed by atoms with van der Waals surface area (Å²) in [5.41, 5.74) is 3.28. The molecule has 0 heterocycles. The van der Waals surface area contributed by atoms with Gasteiger partial charge in [-0.3, -0.25) is 10.1 Å². The van der Waals surface area contributed by atoms with Crippen molar-refractivity contribution in [1.29, 1.82) is 5.26 Å². The molecule has 2 aromatic rings. The summed E-state index contributed by atoms with van der Waals surface area (Å²) in [6.45, 7) is 1.98. The van der Waals surface area contributed by atoms with Gasteiger partial charge in [0.15, 0.2) is 0 Å². The van der Waals surface area contributed by atoms with Crippen LogP contribution in [0, 0.1) is 28.4 Å². The normalized spacial score (nSPS) is 10.9. The fourth-order valence-corrected chi connectivity index (χ4v) is 1.77. The molecule has 0 aromatic heterocycles. The topological polar surface area (TPSA) is 66.9 Å². The van der Waals surface area contributed by atoms with Crippen LogP contribution < -0.4 is 0 Å². The Bertz CT molecular complexity index is 693. The average Bonchev–Trinajstić information content (AvgIpc) is 2.46. The van der Waals surface area contributed by atoms with Gasteiger partial charge in [0.05, 0.1) is 16.6 Å². The Kier molecular flexibility index (Phi) is 3.92. The van der Waals surface area contributed by atoms with Gasteiger partial charge in [0.1, 0.15) is 0 Å². The van der Waals surface area contributed by atoms with E-state index < -0.39 is 4.92 Å². The Morgan fingerprint density at radius 2 is 1.75 bits per heavy atom. The number of nitriles is 1. The van der Waals surface area contributed by atoms with Crippen molar-refractivity contribution >= 4 is 17.3 Å². The fraction of sp³-hybridized carbons (Fsp3) is 0.0625. The molecule has 0 bridgehead atoms. The zero-order valence-electron chi connectivity index (χ0n) is 10.9. The predicted octanol–water partition coefficient (Wildman–Crippen LogP) is 3.97. The van der Waals surface area contributed by atoms with Gasteiger partial charge in [-0.05, 0) is 36.3 Å². The molecule has 0 radical (unpaired) electrons. The van der Waals surface area contributed by atoms with Gasteiger partial charge in [-0.25, -0.2) is 0 Å². The molecule has 0 N–H and O–H groups in total. The number of allylic oxidation sites excluding steroid dienone is 1. The molecular formula is C16H12N2O2. The lowest BCUT2D eigenvalue weighted by Crippen LogP contribution is -1.87. The Morgan fingerprint density at radius 1 is 1.15 bits per heavy atom. The van der Waals surface area contributed by atoms with Crippen molar-refractivity contribution in [2.75, 3.05) is 0 Å². The highest BCUT2D eigenvalue weighted by Crippen LogP contribution is 2.20. The number of nitro benzene ring substituents is 1. The molecule has 2 aromatic carbocycles. The highest BCUT2D eigenvalue weighted by atomic mass is 16.6. The molecule has 0 spiro atoms. The van der Waals surface area contributed by atoms with Crippen molar-refractivity contribution in [3.63, 3.8) is 0 Å². The van der Waals surface area contributed by atoms with Gasteiger partial charge >= 0.3 is 0 Å². The van der Waals surface area contributed by atoms with Gasteiger partial charge in [-0.2, -0.15) is 5.26 Å². The zero-order valence-corrected chi connectivity index (χ0v) is 10.9. The van der Waals surface area contributed by atoms with Crippen LogP contribution in [-0.4, -0.2) is 4.92 Å². The molecule has 0 saturated carbocycles. The van der Waals surface area contributed by atoms with Crippen molar-refractivity contribution in [3.05, 3.63) is 75.3 Å². The van der Waals surface area contributed by atoms with Gasteiger partial charge < -0.3 is 0 Å². The third-order valence-corrected chi connectivity index (χ3v) is 2.90. The number of hydrogen-bond donors (Lipinski definition) is 0. The summed E-state index contributed by atoms with van der Waals surface area (Å²) in [6, 6.07) is 15.9. The number of rotatable bonds is 3. The molecular weight excluding hydrogens is 252 g/mol. The van der Waals surface area contributed by atoms with E-state index in [1.165, 1.54) is 12.1 Å². The lowest BCUT2D eigenvalue weighted by molar-refractivity contribution is -0.384. The lowest BCUT2D eigenvalue weighted by Gasteiger charge is -2.00. The Balaban J connectivity index is 2.34. The standard InChI is InChI=1S/C16H12N2O2/c1-12-2-6-14(7-3-12)15(11-17)10-13-4-8-16(9-5-13)18(19)20/h2-10H,1H3. The van der Waals surface area contributed by atoms with Gasteiger partial charge in [-0.1, -0.05) is 29.8 Å². The largest absolute Gasteiger partial charge is 0.269 e. The second-order valence-electron chi connectivity index (χ2n) is 4.38. The van der Waals surface area contributed by atoms with Crippen LogP contribution in [0.15, 0.2) is 48.5 Å². The van der Waals surface area contributed by atoms with E-state index in [1.807, 2.05) is 31.2 Å². The summed E-state index contributed by atoms with van der Waals surface area (Å²) >= 11 is 0. The summed E-state index contributed by atoms with van der Waals surface area (Å²) in [4.78, 5) is 10.1. The molecule has 98 valence electrons. The van der Waals surface area contributed by atoms with Crippen LogP contribution >= 0.6 is 0 Å². The number of benzene rings is 2. The average molecular weight is 264 g/mol. The first-order valence-electron chi connectivity index (χ1n) is 6.03. The molecule has 0 aliphatic rings. The molecule has 0 saturated heterocycles. The van der Waals surface area contributed by atoms with Crippen LogP contribution in [0.4, 0.5) is 5.69 Å². The maximum absolute atomic E-state index is 10.6. The summed E-state index contributed by atoms with van der Waals surface area (Å²) in [7, 11) is 0. The first-order chi connectivity index (χ1) is 9.60. The third-order valence-electron chi connectivity index (χ3n) is 2.90. The van der Waals surface area contributed by atoms with Crippen molar-refractivity contribution in [2.24, 2.45) is 0 Å². The van der Waals surface area contributed by atoms with Crippen LogP contribution in [-0.2, 0) is 0 Å². The molecule has 0 fully saturated rings. The van der Waals surface area contributed by atoms with E-state index in [2.05, 4.69) is 6.07 Å². The Morgan fingerprint density at radius 3 is 2.25 bits per heavy atom. The number of hydrogen-bond acceptors (Lipinski definition) is 3. The number of nitro groups is 1. The number of non-ortho nitro benzene ring substituents is 1. The summed E-state index contributed by atoms with van der Waals surface area (Å²) in [5.74, 6) is 0. The molecule has 0 unspecified atom stereocenters. The van der Waals surface area contributed by atoms with E-state index in [0.29, 0.717) is 5.57 Å². The zero-order chi connectivity index (χ0) is 14.5. The number of aryl methyl sites for hydroxylation is 1. The number of nitrogens with zero attached hydrogens (tertiary/aromatic N) is 2. The fourth-order valence-electron chi connectivity index (χ4n) is 1.77. The highest BCUT2D eigenvalue weighted by molar-refractivity contribution is 5.89. The van der Waals surface area contributed by atoms with E-state index in [-0.39, 0.29) is 5.69 Å². The molecule has 4 nitrogen and oxygen atoms in total. The van der Waals surface area contributed by atoms with E-state index >= 15 is 0 Å². The second kappa shape index (κ2) is 5.81. The second-order valence-corrected chi connectivity index (χ2v) is 4.38. The summed E-state index contributed by atoms with van der Waals surface area (Å²) in [5, 5.41) is 19.8. The molecule has 0 aliphatic heterocycles. The minimum Gasteiger partial charge on any atom is -0.258 e. The SMILES string of the molecule is Cc1ccc(C(C#N)=Cc2ccc([N+](=O)[O-])cc2)cc1. The Hall–Kier alpha value is -2.93. The maximum Gasteiger partial charge on any atom is 0.269 e. The van der Waals surface area contributed by atoms with Crippen LogP contribution in [0.1, 0.15) is 16.7 Å². The van der Waals surface area contributed by atoms with Crippen molar-refractivity contribution in [1.82, 2.24) is 0 Å². The smallest absolute Gasteiger partial charge is 0.258 e. The molecule has 20 heavy (non-hydrogen) atoms. The Labute approximate surface area is 116 Å². The minimum absolute atomic E-state index is 0.0380. The van der Waals surface area contributed by atoms with E-state index in [0.717, 1.165) is 16.7 Å². The molecule has 2 rings (SSSR count). The van der Waals surface area contributed by atoms with Crippen molar-refractivity contribution < 1.29 is 4.92 Å². The van der Waals surface area contributed by atoms with E-state index in [1.54, 1.807) is 18.2 Å². The maximum atomic E-state index is 10.6. The third kappa shape index (κ3) is 3.09. The highest BCUT2D eigenvalue weighted by Gasteiger charge is 2.04. The molecule has 4 heteroatoms. The van der Waals surface area contributed by atoms with Crippen LogP contribution in [0.3, 0.4) is 0 Å². The van der Waals surface area contributed by atoms with Crippen molar-refractivity contribution in [2.45, 2.75) is 6.92 Å². The summed E-state index contributed by atoms with van der Waals surface area (Å²) < 4.78 is 0.